The van der Waals surface area contributed by atoms with Crippen LogP contribution in [0.1, 0.15) is 59.3 Å². The first-order chi connectivity index (χ1) is 14.5. The summed E-state index contributed by atoms with van der Waals surface area (Å²) in [6, 6.07) is 10.2. The van der Waals surface area contributed by atoms with E-state index >= 15 is 0 Å². The lowest BCUT2D eigenvalue weighted by Gasteiger charge is -2.30. The SMILES string of the molecule is Cc1cccc(N(C(=O)c2csnn2)[C@H](C(=O)NC2CCCC2)c2ccc(C)o2)c1. The van der Waals surface area contributed by atoms with Gasteiger partial charge in [-0.3, -0.25) is 14.5 Å². The molecule has 2 amide bonds. The summed E-state index contributed by atoms with van der Waals surface area (Å²) in [5, 5.41) is 8.66. The molecule has 1 aliphatic rings. The predicted molar refractivity (Wildman–Crippen MR) is 114 cm³/mol. The number of hydrogen-bond donors (Lipinski definition) is 1. The van der Waals surface area contributed by atoms with Gasteiger partial charge in [-0.15, -0.1) is 5.10 Å². The second-order valence-electron chi connectivity index (χ2n) is 7.65. The maximum atomic E-state index is 13.5. The molecule has 1 atom stereocenters. The van der Waals surface area contributed by atoms with Gasteiger partial charge in [0.1, 0.15) is 11.5 Å². The van der Waals surface area contributed by atoms with E-state index < -0.39 is 11.9 Å². The van der Waals surface area contributed by atoms with Crippen molar-refractivity contribution in [3.63, 3.8) is 0 Å². The lowest BCUT2D eigenvalue weighted by Crippen LogP contribution is -2.46. The summed E-state index contributed by atoms with van der Waals surface area (Å²) in [5.74, 6) is 0.445. The molecule has 4 rings (SSSR count). The van der Waals surface area contributed by atoms with Crippen molar-refractivity contribution in [2.75, 3.05) is 4.90 Å². The molecule has 0 spiro atoms. The Kier molecular flexibility index (Phi) is 5.94. The molecular formula is C22H24N4O3S. The second kappa shape index (κ2) is 8.79. The number of amides is 2. The molecule has 1 saturated carbocycles. The van der Waals surface area contributed by atoms with Gasteiger partial charge in [-0.1, -0.05) is 29.5 Å². The third-order valence-corrected chi connectivity index (χ3v) is 5.82. The number of aromatic nitrogens is 2. The minimum absolute atomic E-state index is 0.117. The zero-order valence-corrected chi connectivity index (χ0v) is 17.8. The van der Waals surface area contributed by atoms with Crippen molar-refractivity contribution < 1.29 is 14.0 Å². The van der Waals surface area contributed by atoms with Gasteiger partial charge in [0.05, 0.1) is 0 Å². The summed E-state index contributed by atoms with van der Waals surface area (Å²) in [6.07, 6.45) is 4.09. The first-order valence-electron chi connectivity index (χ1n) is 10.1. The number of anilines is 1. The Balaban J connectivity index is 1.79. The van der Waals surface area contributed by atoms with Gasteiger partial charge < -0.3 is 9.73 Å². The molecule has 7 nitrogen and oxygen atoms in total. The Morgan fingerprint density at radius 2 is 2.00 bits per heavy atom. The van der Waals surface area contributed by atoms with Crippen LogP contribution in [0.5, 0.6) is 0 Å². The monoisotopic (exact) mass is 424 g/mol. The van der Waals surface area contributed by atoms with E-state index in [1.807, 2.05) is 38.1 Å². The van der Waals surface area contributed by atoms with Gasteiger partial charge in [-0.2, -0.15) is 0 Å². The van der Waals surface area contributed by atoms with Crippen LogP contribution in [0.25, 0.3) is 0 Å². The minimum Gasteiger partial charge on any atom is -0.464 e. The lowest BCUT2D eigenvalue weighted by molar-refractivity contribution is -0.123. The lowest BCUT2D eigenvalue weighted by atomic mass is 10.1. The number of nitrogens with zero attached hydrogens (tertiary/aromatic N) is 3. The standard InChI is InChI=1S/C22H24N4O3S/c1-14-6-5-9-17(12-14)26(22(28)18-13-30-25-24-18)20(19-11-10-15(2)29-19)21(27)23-16-7-3-4-8-16/h5-6,9-13,16,20H,3-4,7-8H2,1-2H3,(H,23,27)/t20-/m0/s1. The summed E-state index contributed by atoms with van der Waals surface area (Å²) >= 11 is 1.10. The van der Waals surface area contributed by atoms with Crippen molar-refractivity contribution in [3.8, 4) is 0 Å². The highest BCUT2D eigenvalue weighted by molar-refractivity contribution is 7.03. The van der Waals surface area contributed by atoms with Crippen molar-refractivity contribution in [2.45, 2.75) is 51.6 Å². The molecule has 1 aromatic carbocycles. The van der Waals surface area contributed by atoms with Crippen molar-refractivity contribution in [1.82, 2.24) is 14.9 Å². The van der Waals surface area contributed by atoms with Crippen molar-refractivity contribution in [2.24, 2.45) is 0 Å². The van der Waals surface area contributed by atoms with Crippen molar-refractivity contribution in [3.05, 3.63) is 64.6 Å². The van der Waals surface area contributed by atoms with Gasteiger partial charge >= 0.3 is 0 Å². The molecule has 3 aromatic rings. The van der Waals surface area contributed by atoms with E-state index in [9.17, 15) is 9.59 Å². The van der Waals surface area contributed by atoms with Gasteiger partial charge in [-0.05, 0) is 68.1 Å². The molecule has 1 aliphatic carbocycles. The fourth-order valence-corrected chi connectivity index (χ4v) is 4.30. The normalized spacial score (nSPS) is 15.1. The number of rotatable bonds is 6. The zero-order valence-electron chi connectivity index (χ0n) is 17.0. The Bertz CT molecular complexity index is 1020. The summed E-state index contributed by atoms with van der Waals surface area (Å²) in [4.78, 5) is 28.4. The first-order valence-corrected chi connectivity index (χ1v) is 10.9. The van der Waals surface area contributed by atoms with Gasteiger partial charge in [-0.25, -0.2) is 0 Å². The van der Waals surface area contributed by atoms with Crippen LogP contribution in [-0.4, -0.2) is 27.4 Å². The average Bonchev–Trinajstić information content (AvgIpc) is 3.48. The van der Waals surface area contributed by atoms with E-state index in [-0.39, 0.29) is 17.6 Å². The number of hydrogen-bond acceptors (Lipinski definition) is 6. The van der Waals surface area contributed by atoms with Crippen LogP contribution in [0.2, 0.25) is 0 Å². The number of furan rings is 1. The number of carbonyl (C=O) groups excluding carboxylic acids is 2. The van der Waals surface area contributed by atoms with Crippen molar-refractivity contribution in [1.29, 1.82) is 0 Å². The van der Waals surface area contributed by atoms with Gasteiger partial charge in [0, 0.05) is 17.1 Å². The highest BCUT2D eigenvalue weighted by atomic mass is 32.1. The minimum atomic E-state index is -0.949. The molecule has 0 aliphatic heterocycles. The fourth-order valence-electron chi connectivity index (χ4n) is 3.87. The van der Waals surface area contributed by atoms with E-state index in [0.29, 0.717) is 17.2 Å². The molecule has 0 radical (unpaired) electrons. The van der Waals surface area contributed by atoms with Gasteiger partial charge in [0.2, 0.25) is 0 Å². The Hall–Kier alpha value is -3.00. The van der Waals surface area contributed by atoms with Crippen LogP contribution < -0.4 is 10.2 Å². The summed E-state index contributed by atoms with van der Waals surface area (Å²) < 4.78 is 9.66. The van der Waals surface area contributed by atoms with Crippen LogP contribution in [0.15, 0.2) is 46.2 Å². The Morgan fingerprint density at radius 1 is 1.20 bits per heavy atom. The number of benzene rings is 1. The molecule has 0 saturated heterocycles. The largest absolute Gasteiger partial charge is 0.464 e. The number of aryl methyl sites for hydroxylation is 2. The number of carbonyl (C=O) groups is 2. The molecule has 1 N–H and O–H groups in total. The van der Waals surface area contributed by atoms with E-state index in [1.165, 1.54) is 4.90 Å². The molecule has 156 valence electrons. The fraction of sp³-hybridized carbons (Fsp3) is 0.364. The van der Waals surface area contributed by atoms with Crippen LogP contribution in [-0.2, 0) is 4.79 Å². The molecule has 8 heteroatoms. The topological polar surface area (TPSA) is 88.3 Å². The Morgan fingerprint density at radius 3 is 2.63 bits per heavy atom. The van der Waals surface area contributed by atoms with Gasteiger partial charge in [0.25, 0.3) is 11.8 Å². The number of nitrogens with one attached hydrogen (secondary N) is 1. The van der Waals surface area contributed by atoms with Crippen LogP contribution in [0, 0.1) is 13.8 Å². The van der Waals surface area contributed by atoms with E-state index in [0.717, 1.165) is 42.8 Å². The highest BCUT2D eigenvalue weighted by Gasteiger charge is 2.37. The van der Waals surface area contributed by atoms with E-state index in [4.69, 9.17) is 4.42 Å². The zero-order chi connectivity index (χ0) is 21.1. The molecule has 2 aromatic heterocycles. The predicted octanol–water partition coefficient (Wildman–Crippen LogP) is 4.19. The van der Waals surface area contributed by atoms with Gasteiger partial charge in [0.15, 0.2) is 11.7 Å². The molecule has 1 fully saturated rings. The quantitative estimate of drug-likeness (QED) is 0.641. The molecule has 2 heterocycles. The third-order valence-electron chi connectivity index (χ3n) is 5.32. The highest BCUT2D eigenvalue weighted by Crippen LogP contribution is 2.32. The average molecular weight is 425 g/mol. The summed E-state index contributed by atoms with van der Waals surface area (Å²) in [5.41, 5.74) is 1.78. The molecule has 0 unspecified atom stereocenters. The van der Waals surface area contributed by atoms with Crippen LogP contribution in [0.3, 0.4) is 0 Å². The first kappa shape index (κ1) is 20.3. The second-order valence-corrected chi connectivity index (χ2v) is 8.26. The maximum absolute atomic E-state index is 13.5. The van der Waals surface area contributed by atoms with E-state index in [1.54, 1.807) is 17.5 Å². The van der Waals surface area contributed by atoms with E-state index in [2.05, 4.69) is 14.9 Å². The van der Waals surface area contributed by atoms with Crippen molar-refractivity contribution >= 4 is 29.0 Å². The Labute approximate surface area is 179 Å². The third kappa shape index (κ3) is 4.28. The molecule has 30 heavy (non-hydrogen) atoms. The molecular weight excluding hydrogens is 400 g/mol. The van der Waals surface area contributed by atoms with Crippen LogP contribution >= 0.6 is 11.5 Å². The summed E-state index contributed by atoms with van der Waals surface area (Å²) in [6.45, 7) is 3.76. The maximum Gasteiger partial charge on any atom is 0.280 e. The molecule has 0 bridgehead atoms. The smallest absolute Gasteiger partial charge is 0.280 e. The van der Waals surface area contributed by atoms with Crippen LogP contribution in [0.4, 0.5) is 5.69 Å². The summed E-state index contributed by atoms with van der Waals surface area (Å²) in [7, 11) is 0.